The molecule has 1 aromatic carbocycles. The Bertz CT molecular complexity index is 387. The molecule has 12 heavy (non-hydrogen) atoms. The summed E-state index contributed by atoms with van der Waals surface area (Å²) in [7, 11) is 0. The summed E-state index contributed by atoms with van der Waals surface area (Å²) in [4.78, 5) is 3.92. The molecule has 0 aliphatic rings. The number of pyridine rings is 1. The van der Waals surface area contributed by atoms with E-state index in [9.17, 15) is 4.39 Å². The number of halogens is 2. The van der Waals surface area contributed by atoms with Crippen molar-refractivity contribution in [2.45, 2.75) is 0 Å². The first-order valence-corrected chi connectivity index (χ1v) is 4.26. The lowest BCUT2D eigenvalue weighted by molar-refractivity contribution is 0.639. The Kier molecular flexibility index (Phi) is 1.81. The van der Waals surface area contributed by atoms with Crippen LogP contribution in [0, 0.1) is 5.82 Å². The summed E-state index contributed by atoms with van der Waals surface area (Å²) < 4.78 is 14.0. The second-order valence-electron chi connectivity index (χ2n) is 2.45. The number of hydrogen-bond donors (Lipinski definition) is 0. The van der Waals surface area contributed by atoms with Crippen LogP contribution in [-0.2, 0) is 0 Å². The zero-order chi connectivity index (χ0) is 8.55. The highest BCUT2D eigenvalue weighted by Gasteiger charge is 2.02. The summed E-state index contributed by atoms with van der Waals surface area (Å²) in [6.45, 7) is 0. The summed E-state index contributed by atoms with van der Waals surface area (Å²) in [5.74, 6) is -0.212. The predicted octanol–water partition coefficient (Wildman–Crippen LogP) is 3.14. The van der Waals surface area contributed by atoms with Crippen molar-refractivity contribution in [3.63, 3.8) is 0 Å². The molecular formula is C9H5BrFN. The van der Waals surface area contributed by atoms with E-state index in [0.717, 1.165) is 9.86 Å². The van der Waals surface area contributed by atoms with Crippen molar-refractivity contribution < 1.29 is 4.39 Å². The van der Waals surface area contributed by atoms with Gasteiger partial charge in [0.15, 0.2) is 0 Å². The molecule has 2 rings (SSSR count). The third-order valence-corrected chi connectivity index (χ3v) is 2.40. The molecule has 3 heteroatoms. The van der Waals surface area contributed by atoms with Crippen LogP contribution >= 0.6 is 15.9 Å². The van der Waals surface area contributed by atoms with Crippen LogP contribution in [-0.4, -0.2) is 4.98 Å². The Hall–Kier alpha value is -0.960. The van der Waals surface area contributed by atoms with E-state index in [0.29, 0.717) is 5.39 Å². The molecule has 0 bridgehead atoms. The van der Waals surface area contributed by atoms with Crippen molar-refractivity contribution in [1.29, 1.82) is 0 Å². The van der Waals surface area contributed by atoms with E-state index < -0.39 is 0 Å². The Morgan fingerprint density at radius 1 is 1.17 bits per heavy atom. The first-order chi connectivity index (χ1) is 5.79. The fraction of sp³-hybridized carbons (Fsp3) is 0. The van der Waals surface area contributed by atoms with Crippen LogP contribution in [0.15, 0.2) is 35.1 Å². The molecule has 0 saturated carbocycles. The van der Waals surface area contributed by atoms with Gasteiger partial charge in [0.05, 0.1) is 0 Å². The van der Waals surface area contributed by atoms with Crippen molar-refractivity contribution >= 4 is 26.7 Å². The monoisotopic (exact) mass is 225 g/mol. The molecule has 1 aromatic heterocycles. The third kappa shape index (κ3) is 1.10. The predicted molar refractivity (Wildman–Crippen MR) is 49.4 cm³/mol. The van der Waals surface area contributed by atoms with Crippen molar-refractivity contribution in [1.82, 2.24) is 4.98 Å². The van der Waals surface area contributed by atoms with Crippen LogP contribution in [0.1, 0.15) is 0 Å². The van der Waals surface area contributed by atoms with Crippen LogP contribution in [0.25, 0.3) is 10.8 Å². The second kappa shape index (κ2) is 2.83. The minimum Gasteiger partial charge on any atom is -0.264 e. The molecule has 0 N–H and O–H groups in total. The minimum absolute atomic E-state index is 0.212. The lowest BCUT2D eigenvalue weighted by atomic mass is 10.2. The van der Waals surface area contributed by atoms with E-state index in [2.05, 4.69) is 20.9 Å². The topological polar surface area (TPSA) is 12.9 Å². The molecule has 0 aliphatic carbocycles. The van der Waals surface area contributed by atoms with Gasteiger partial charge in [0.1, 0.15) is 5.82 Å². The number of benzene rings is 1. The first-order valence-electron chi connectivity index (χ1n) is 3.47. The van der Waals surface area contributed by atoms with E-state index in [4.69, 9.17) is 0 Å². The van der Waals surface area contributed by atoms with Gasteiger partial charge in [0.2, 0.25) is 0 Å². The van der Waals surface area contributed by atoms with Crippen LogP contribution in [0.4, 0.5) is 4.39 Å². The van der Waals surface area contributed by atoms with Gasteiger partial charge < -0.3 is 0 Å². The number of hydrogen-bond acceptors (Lipinski definition) is 1. The van der Waals surface area contributed by atoms with Crippen molar-refractivity contribution in [3.8, 4) is 0 Å². The molecule has 60 valence electrons. The molecule has 1 heterocycles. The lowest BCUT2D eigenvalue weighted by Gasteiger charge is -1.99. The smallest absolute Gasteiger partial charge is 0.131 e. The highest BCUT2D eigenvalue weighted by atomic mass is 79.9. The third-order valence-electron chi connectivity index (χ3n) is 1.71. The average molecular weight is 226 g/mol. The van der Waals surface area contributed by atoms with Crippen molar-refractivity contribution in [2.24, 2.45) is 0 Å². The highest BCUT2D eigenvalue weighted by Crippen LogP contribution is 2.24. The Balaban J connectivity index is 2.95. The van der Waals surface area contributed by atoms with Gasteiger partial charge in [-0.05, 0) is 18.2 Å². The van der Waals surface area contributed by atoms with Crippen LogP contribution in [0.5, 0.6) is 0 Å². The molecule has 1 nitrogen and oxygen atoms in total. The average Bonchev–Trinajstić information content (AvgIpc) is 2.12. The van der Waals surface area contributed by atoms with Gasteiger partial charge in [0.25, 0.3) is 0 Å². The van der Waals surface area contributed by atoms with E-state index in [1.54, 1.807) is 24.5 Å². The van der Waals surface area contributed by atoms with Crippen LogP contribution < -0.4 is 0 Å². The zero-order valence-corrected chi connectivity index (χ0v) is 7.68. The van der Waals surface area contributed by atoms with E-state index in [1.165, 1.54) is 6.07 Å². The zero-order valence-electron chi connectivity index (χ0n) is 6.09. The Morgan fingerprint density at radius 3 is 2.75 bits per heavy atom. The normalized spacial score (nSPS) is 10.5. The maximum absolute atomic E-state index is 13.1. The van der Waals surface area contributed by atoms with Crippen LogP contribution in [0.2, 0.25) is 0 Å². The Labute approximate surface area is 77.4 Å². The van der Waals surface area contributed by atoms with Gasteiger partial charge in [-0.25, -0.2) is 4.39 Å². The largest absolute Gasteiger partial charge is 0.264 e. The van der Waals surface area contributed by atoms with Gasteiger partial charge >= 0.3 is 0 Å². The standard InChI is InChI=1S/C9H5BrFN/c10-8-1-2-9(11)6-3-4-12-5-7(6)8/h1-5H. The summed E-state index contributed by atoms with van der Waals surface area (Å²) in [6.07, 6.45) is 3.22. The lowest BCUT2D eigenvalue weighted by Crippen LogP contribution is -1.81. The molecule has 0 radical (unpaired) electrons. The summed E-state index contributed by atoms with van der Waals surface area (Å²) >= 11 is 3.32. The summed E-state index contributed by atoms with van der Waals surface area (Å²) in [5.41, 5.74) is 0. The first kappa shape index (κ1) is 7.68. The molecule has 0 unspecified atom stereocenters. The van der Waals surface area contributed by atoms with Gasteiger partial charge in [0, 0.05) is 27.6 Å². The van der Waals surface area contributed by atoms with Gasteiger partial charge in [-0.3, -0.25) is 4.98 Å². The van der Waals surface area contributed by atoms with Crippen LogP contribution in [0.3, 0.4) is 0 Å². The molecule has 0 spiro atoms. The van der Waals surface area contributed by atoms with E-state index in [-0.39, 0.29) is 5.82 Å². The fourth-order valence-corrected chi connectivity index (χ4v) is 1.57. The SMILES string of the molecule is Fc1ccc(Br)c2cnccc12. The van der Waals surface area contributed by atoms with Crippen molar-refractivity contribution in [3.05, 3.63) is 40.9 Å². The Morgan fingerprint density at radius 2 is 2.00 bits per heavy atom. The quantitative estimate of drug-likeness (QED) is 0.672. The maximum atomic E-state index is 13.1. The van der Waals surface area contributed by atoms with E-state index >= 15 is 0 Å². The summed E-state index contributed by atoms with van der Waals surface area (Å²) in [5, 5.41) is 1.40. The molecule has 0 atom stereocenters. The number of nitrogens with zero attached hydrogens (tertiary/aromatic N) is 1. The number of fused-ring (bicyclic) bond motifs is 1. The van der Waals surface area contributed by atoms with E-state index in [1.807, 2.05) is 0 Å². The van der Waals surface area contributed by atoms with Gasteiger partial charge in [-0.2, -0.15) is 0 Å². The number of rotatable bonds is 0. The van der Waals surface area contributed by atoms with Crippen molar-refractivity contribution in [2.75, 3.05) is 0 Å². The maximum Gasteiger partial charge on any atom is 0.131 e. The fourth-order valence-electron chi connectivity index (χ4n) is 1.12. The molecule has 0 aliphatic heterocycles. The molecule has 0 amide bonds. The van der Waals surface area contributed by atoms with Gasteiger partial charge in [-0.15, -0.1) is 0 Å². The minimum atomic E-state index is -0.212. The summed E-state index contributed by atoms with van der Waals surface area (Å²) in [6, 6.07) is 4.78. The number of aromatic nitrogens is 1. The molecule has 0 fully saturated rings. The second-order valence-corrected chi connectivity index (χ2v) is 3.30. The molecule has 2 aromatic rings. The molecule has 0 saturated heterocycles. The van der Waals surface area contributed by atoms with Gasteiger partial charge in [-0.1, -0.05) is 15.9 Å². The molecular weight excluding hydrogens is 221 g/mol. The highest BCUT2D eigenvalue weighted by molar-refractivity contribution is 9.10.